The fourth-order valence-electron chi connectivity index (χ4n) is 3.63. The number of aromatic nitrogens is 2. The van der Waals surface area contributed by atoms with Crippen molar-refractivity contribution in [2.24, 2.45) is 0 Å². The molecule has 1 aliphatic rings. The van der Waals surface area contributed by atoms with Crippen molar-refractivity contribution in [3.63, 3.8) is 0 Å². The average molecular weight is 323 g/mol. The Labute approximate surface area is 140 Å². The number of oxazole rings is 1. The molecule has 5 heteroatoms. The van der Waals surface area contributed by atoms with Gasteiger partial charge in [-0.05, 0) is 50.6 Å². The Morgan fingerprint density at radius 2 is 2.08 bits per heavy atom. The molecule has 0 radical (unpaired) electrons. The maximum atomic E-state index is 12.3. The maximum absolute atomic E-state index is 12.3. The van der Waals surface area contributed by atoms with Gasteiger partial charge < -0.3 is 4.42 Å². The van der Waals surface area contributed by atoms with Gasteiger partial charge >= 0.3 is 5.76 Å². The van der Waals surface area contributed by atoms with Crippen LogP contribution < -0.4 is 5.76 Å². The van der Waals surface area contributed by atoms with Crippen LogP contribution in [0.3, 0.4) is 0 Å². The monoisotopic (exact) mass is 323 g/mol. The zero-order chi connectivity index (χ0) is 16.5. The third kappa shape index (κ3) is 2.87. The van der Waals surface area contributed by atoms with E-state index in [1.807, 2.05) is 47.9 Å². The lowest BCUT2D eigenvalue weighted by atomic mass is 10.0. The molecule has 1 aromatic carbocycles. The van der Waals surface area contributed by atoms with Gasteiger partial charge in [-0.3, -0.25) is 14.5 Å². The smallest absolute Gasteiger partial charge is 0.408 e. The van der Waals surface area contributed by atoms with Crippen molar-refractivity contribution in [1.82, 2.24) is 14.5 Å². The molecule has 0 bridgehead atoms. The highest BCUT2D eigenvalue weighted by Gasteiger charge is 2.25. The number of para-hydroxylation sites is 2. The molecule has 2 aromatic heterocycles. The highest BCUT2D eigenvalue weighted by atomic mass is 16.4. The second-order valence-corrected chi connectivity index (χ2v) is 6.51. The average Bonchev–Trinajstić information content (AvgIpc) is 2.91. The van der Waals surface area contributed by atoms with Gasteiger partial charge in [0, 0.05) is 18.8 Å². The van der Waals surface area contributed by atoms with E-state index in [-0.39, 0.29) is 11.8 Å². The summed E-state index contributed by atoms with van der Waals surface area (Å²) < 4.78 is 7.22. The van der Waals surface area contributed by atoms with Crippen molar-refractivity contribution in [2.45, 2.75) is 32.4 Å². The normalized spacial score (nSPS) is 19.0. The van der Waals surface area contributed by atoms with Crippen LogP contribution >= 0.6 is 0 Å². The van der Waals surface area contributed by atoms with Crippen LogP contribution in [0.15, 0.2) is 51.7 Å². The van der Waals surface area contributed by atoms with E-state index >= 15 is 0 Å². The van der Waals surface area contributed by atoms with Gasteiger partial charge in [-0.15, -0.1) is 0 Å². The van der Waals surface area contributed by atoms with Crippen molar-refractivity contribution in [1.29, 1.82) is 0 Å². The Hall–Kier alpha value is -2.40. The van der Waals surface area contributed by atoms with Crippen molar-refractivity contribution >= 4 is 11.1 Å². The predicted octanol–water partition coefficient (Wildman–Crippen LogP) is 3.14. The molecule has 0 aliphatic carbocycles. The number of fused-ring (bicyclic) bond motifs is 1. The van der Waals surface area contributed by atoms with Crippen LogP contribution in [0.4, 0.5) is 0 Å². The third-order valence-electron chi connectivity index (χ3n) is 4.70. The van der Waals surface area contributed by atoms with E-state index in [1.54, 1.807) is 0 Å². The van der Waals surface area contributed by atoms with Crippen LogP contribution in [0, 0.1) is 6.92 Å². The Kier molecular flexibility index (Phi) is 3.94. The number of pyridine rings is 1. The van der Waals surface area contributed by atoms with Gasteiger partial charge in [0.05, 0.1) is 17.3 Å². The number of piperidine rings is 1. The van der Waals surface area contributed by atoms with Crippen LogP contribution in [0.2, 0.25) is 0 Å². The lowest BCUT2D eigenvalue weighted by molar-refractivity contribution is 0.166. The molecule has 1 saturated heterocycles. The van der Waals surface area contributed by atoms with Crippen molar-refractivity contribution in [3.05, 3.63) is 64.4 Å². The number of rotatable bonds is 3. The molecule has 1 unspecified atom stereocenters. The summed E-state index contributed by atoms with van der Waals surface area (Å²) in [6, 6.07) is 13.9. The molecule has 0 N–H and O–H groups in total. The summed E-state index contributed by atoms with van der Waals surface area (Å²) in [5.41, 5.74) is 3.68. The topological polar surface area (TPSA) is 51.3 Å². The molecule has 24 heavy (non-hydrogen) atoms. The van der Waals surface area contributed by atoms with Gasteiger partial charge in [-0.2, -0.15) is 0 Å². The van der Waals surface area contributed by atoms with Crippen LogP contribution in [0.25, 0.3) is 11.1 Å². The number of aryl methyl sites for hydroxylation is 1. The molecule has 0 spiro atoms. The van der Waals surface area contributed by atoms with Gasteiger partial charge in [0.1, 0.15) is 0 Å². The van der Waals surface area contributed by atoms with Gasteiger partial charge in [-0.1, -0.05) is 18.2 Å². The van der Waals surface area contributed by atoms with Crippen LogP contribution in [0.1, 0.15) is 30.3 Å². The highest BCUT2D eigenvalue weighted by molar-refractivity contribution is 5.72. The van der Waals surface area contributed by atoms with Crippen molar-refractivity contribution in [3.8, 4) is 0 Å². The van der Waals surface area contributed by atoms with E-state index in [9.17, 15) is 4.79 Å². The minimum Gasteiger partial charge on any atom is -0.408 e. The highest BCUT2D eigenvalue weighted by Crippen LogP contribution is 2.25. The molecule has 1 fully saturated rings. The number of likely N-dealkylation sites (tertiary alicyclic amines) is 1. The lowest BCUT2D eigenvalue weighted by Gasteiger charge is -2.32. The fourth-order valence-corrected chi connectivity index (χ4v) is 3.63. The molecular weight excluding hydrogens is 302 g/mol. The van der Waals surface area contributed by atoms with Gasteiger partial charge in [0.2, 0.25) is 0 Å². The Morgan fingerprint density at radius 3 is 2.96 bits per heavy atom. The lowest BCUT2D eigenvalue weighted by Crippen LogP contribution is -2.38. The van der Waals surface area contributed by atoms with Crippen LogP contribution in [-0.4, -0.2) is 27.5 Å². The third-order valence-corrected chi connectivity index (χ3v) is 4.70. The number of benzene rings is 1. The summed E-state index contributed by atoms with van der Waals surface area (Å²) in [4.78, 5) is 19.3. The quantitative estimate of drug-likeness (QED) is 0.743. The summed E-state index contributed by atoms with van der Waals surface area (Å²) >= 11 is 0. The van der Waals surface area contributed by atoms with Gasteiger partial charge in [0.25, 0.3) is 0 Å². The Morgan fingerprint density at radius 1 is 1.21 bits per heavy atom. The zero-order valence-corrected chi connectivity index (χ0v) is 13.8. The molecule has 1 aliphatic heterocycles. The van der Waals surface area contributed by atoms with E-state index < -0.39 is 0 Å². The van der Waals surface area contributed by atoms with Crippen molar-refractivity contribution < 1.29 is 4.42 Å². The first-order valence-corrected chi connectivity index (χ1v) is 8.46. The molecular formula is C19H21N3O2. The number of hydrogen-bond acceptors (Lipinski definition) is 4. The SMILES string of the molecule is Cc1cccc(CN2CCCC(n3c(=O)oc4ccccc43)C2)n1. The summed E-state index contributed by atoms with van der Waals surface area (Å²) in [5.74, 6) is -0.253. The standard InChI is InChI=1S/C19H21N3O2/c1-14-6-4-7-15(20-14)12-21-11-5-8-16(13-21)22-17-9-2-3-10-18(17)24-19(22)23/h2-4,6-7,9-10,16H,5,8,11-13H2,1H3. The Bertz CT molecular complexity index is 912. The minimum absolute atomic E-state index is 0.153. The zero-order valence-electron chi connectivity index (χ0n) is 13.8. The van der Waals surface area contributed by atoms with Gasteiger partial charge in [-0.25, -0.2) is 4.79 Å². The van der Waals surface area contributed by atoms with E-state index in [4.69, 9.17) is 4.42 Å². The minimum atomic E-state index is -0.253. The first-order chi connectivity index (χ1) is 11.7. The predicted molar refractivity (Wildman–Crippen MR) is 93.0 cm³/mol. The van der Waals surface area contributed by atoms with E-state index in [0.717, 1.165) is 49.4 Å². The molecule has 3 heterocycles. The molecule has 4 rings (SSSR count). The summed E-state index contributed by atoms with van der Waals surface area (Å²) in [6.45, 7) is 4.72. The molecule has 0 amide bonds. The summed E-state index contributed by atoms with van der Waals surface area (Å²) in [7, 11) is 0. The summed E-state index contributed by atoms with van der Waals surface area (Å²) in [6.07, 6.45) is 2.07. The molecule has 5 nitrogen and oxygen atoms in total. The summed E-state index contributed by atoms with van der Waals surface area (Å²) in [5, 5.41) is 0. The fraction of sp³-hybridized carbons (Fsp3) is 0.368. The first kappa shape index (κ1) is 15.1. The van der Waals surface area contributed by atoms with Crippen LogP contribution in [-0.2, 0) is 6.54 Å². The Balaban J connectivity index is 1.58. The number of hydrogen-bond donors (Lipinski definition) is 0. The molecule has 3 aromatic rings. The molecule has 124 valence electrons. The number of nitrogens with zero attached hydrogens (tertiary/aromatic N) is 3. The second kappa shape index (κ2) is 6.24. The first-order valence-electron chi connectivity index (χ1n) is 8.46. The van der Waals surface area contributed by atoms with E-state index in [2.05, 4.69) is 16.0 Å². The van der Waals surface area contributed by atoms with E-state index in [1.165, 1.54) is 0 Å². The maximum Gasteiger partial charge on any atom is 0.420 e. The largest absolute Gasteiger partial charge is 0.420 e. The van der Waals surface area contributed by atoms with Gasteiger partial charge in [0.15, 0.2) is 5.58 Å². The van der Waals surface area contributed by atoms with E-state index in [0.29, 0.717) is 5.58 Å². The molecule has 1 atom stereocenters. The second-order valence-electron chi connectivity index (χ2n) is 6.51. The van der Waals surface area contributed by atoms with Crippen molar-refractivity contribution in [2.75, 3.05) is 13.1 Å². The molecule has 0 saturated carbocycles. The van der Waals surface area contributed by atoms with Crippen LogP contribution in [0.5, 0.6) is 0 Å².